The number of hydrogen-bond donors (Lipinski definition) is 2. The largest absolute Gasteiger partial charge is 0.478 e. The van der Waals surface area contributed by atoms with Crippen molar-refractivity contribution in [3.8, 4) is 0 Å². The van der Waals surface area contributed by atoms with E-state index in [-0.39, 0.29) is 36.4 Å². The van der Waals surface area contributed by atoms with E-state index in [0.717, 1.165) is 0 Å². The minimum Gasteiger partial charge on any atom is -0.478 e. The second kappa shape index (κ2) is 7.87. The Morgan fingerprint density at radius 2 is 1.76 bits per heavy atom. The fourth-order valence-corrected chi connectivity index (χ4v) is 4.07. The van der Waals surface area contributed by atoms with Gasteiger partial charge in [-0.3, -0.25) is 4.79 Å². The predicted molar refractivity (Wildman–Crippen MR) is 83.9 cm³/mol. The summed E-state index contributed by atoms with van der Waals surface area (Å²) in [5, 5.41) is 11.0. The molecule has 1 aromatic rings. The molecular weight excluding hydrogens is 358 g/mol. The maximum Gasteiger partial charge on any atom is 0.335 e. The number of benzene rings is 1. The Balaban J connectivity index is 1.99. The fourth-order valence-electron chi connectivity index (χ4n) is 2.60. The zero-order valence-electron chi connectivity index (χ0n) is 13.2. The maximum atomic E-state index is 12.5. The van der Waals surface area contributed by atoms with Crippen molar-refractivity contribution in [1.82, 2.24) is 9.62 Å². The average Bonchev–Trinajstić information content (AvgIpc) is 2.59. The molecular formula is C15H18F2N2O5S. The Bertz CT molecular complexity index is 729. The normalized spacial score (nSPS) is 16.8. The molecule has 1 aliphatic rings. The molecule has 7 nitrogen and oxygen atoms in total. The lowest BCUT2D eigenvalue weighted by molar-refractivity contribution is -0.126. The minimum atomic E-state index is -3.79. The molecule has 10 heteroatoms. The average molecular weight is 376 g/mol. The number of rotatable bonds is 6. The van der Waals surface area contributed by atoms with Crippen LogP contribution in [0, 0.1) is 5.92 Å². The predicted octanol–water partition coefficient (Wildman–Crippen LogP) is 1.17. The number of hydrogen-bond acceptors (Lipinski definition) is 4. The van der Waals surface area contributed by atoms with Crippen molar-refractivity contribution in [2.75, 3.05) is 19.6 Å². The summed E-state index contributed by atoms with van der Waals surface area (Å²) in [5.74, 6) is -2.15. The van der Waals surface area contributed by atoms with E-state index in [0.29, 0.717) is 0 Å². The van der Waals surface area contributed by atoms with Crippen LogP contribution in [-0.4, -0.2) is 55.8 Å². The highest BCUT2D eigenvalue weighted by molar-refractivity contribution is 7.89. The summed E-state index contributed by atoms with van der Waals surface area (Å²) in [5.41, 5.74) is -0.0200. The number of carboxylic acids is 1. The quantitative estimate of drug-likeness (QED) is 0.776. The second-order valence-corrected chi connectivity index (χ2v) is 7.58. The third-order valence-corrected chi connectivity index (χ3v) is 5.91. The van der Waals surface area contributed by atoms with Crippen molar-refractivity contribution < 1.29 is 31.9 Å². The molecule has 0 atom stereocenters. The summed E-state index contributed by atoms with van der Waals surface area (Å²) in [4.78, 5) is 22.5. The number of alkyl halides is 2. The number of piperidine rings is 1. The molecule has 0 aromatic heterocycles. The molecule has 1 saturated heterocycles. The van der Waals surface area contributed by atoms with E-state index in [1.165, 1.54) is 28.6 Å². The summed E-state index contributed by atoms with van der Waals surface area (Å²) in [6.45, 7) is -0.529. The summed E-state index contributed by atoms with van der Waals surface area (Å²) in [7, 11) is -3.79. The summed E-state index contributed by atoms with van der Waals surface area (Å²) >= 11 is 0. The van der Waals surface area contributed by atoms with Gasteiger partial charge in [-0.05, 0) is 37.1 Å². The van der Waals surface area contributed by atoms with E-state index < -0.39 is 40.8 Å². The van der Waals surface area contributed by atoms with Crippen LogP contribution in [0.15, 0.2) is 29.2 Å². The molecule has 2 N–H and O–H groups in total. The van der Waals surface area contributed by atoms with E-state index in [1.54, 1.807) is 0 Å². The highest BCUT2D eigenvalue weighted by Gasteiger charge is 2.32. The molecule has 138 valence electrons. The van der Waals surface area contributed by atoms with Gasteiger partial charge in [0.2, 0.25) is 15.9 Å². The van der Waals surface area contributed by atoms with E-state index in [9.17, 15) is 26.8 Å². The van der Waals surface area contributed by atoms with E-state index >= 15 is 0 Å². The minimum absolute atomic E-state index is 0.0200. The summed E-state index contributed by atoms with van der Waals surface area (Å²) < 4.78 is 50.5. The van der Waals surface area contributed by atoms with Crippen LogP contribution in [0.25, 0.3) is 0 Å². The van der Waals surface area contributed by atoms with Gasteiger partial charge in [-0.2, -0.15) is 4.31 Å². The lowest BCUT2D eigenvalue weighted by Crippen LogP contribution is -2.43. The third kappa shape index (κ3) is 4.73. The van der Waals surface area contributed by atoms with E-state index in [4.69, 9.17) is 5.11 Å². The van der Waals surface area contributed by atoms with Gasteiger partial charge >= 0.3 is 5.97 Å². The van der Waals surface area contributed by atoms with Crippen LogP contribution < -0.4 is 5.32 Å². The van der Waals surface area contributed by atoms with Crippen LogP contribution >= 0.6 is 0 Å². The van der Waals surface area contributed by atoms with Crippen molar-refractivity contribution in [2.45, 2.75) is 24.2 Å². The van der Waals surface area contributed by atoms with Crippen LogP contribution in [0.5, 0.6) is 0 Å². The number of carbonyl (C=O) groups is 2. The number of sulfonamides is 1. The standard InChI is InChI=1S/C15H18F2N2O5S/c16-13(17)9-18-14(20)10-5-7-19(8-6-10)25(23,24)12-3-1-11(2-4-12)15(21)22/h1-4,10,13H,5-9H2,(H,18,20)(H,21,22). The van der Waals surface area contributed by atoms with Gasteiger partial charge in [0, 0.05) is 19.0 Å². The molecule has 1 aromatic carbocycles. The van der Waals surface area contributed by atoms with Crippen molar-refractivity contribution in [1.29, 1.82) is 0 Å². The molecule has 0 saturated carbocycles. The van der Waals surface area contributed by atoms with Crippen LogP contribution in [0.4, 0.5) is 8.78 Å². The number of carbonyl (C=O) groups excluding carboxylic acids is 1. The lowest BCUT2D eigenvalue weighted by Gasteiger charge is -2.30. The number of aromatic carboxylic acids is 1. The van der Waals surface area contributed by atoms with Gasteiger partial charge in [0.25, 0.3) is 6.43 Å². The first-order valence-corrected chi connectivity index (χ1v) is 9.05. The number of nitrogens with one attached hydrogen (secondary N) is 1. The Labute approximate surface area is 143 Å². The maximum absolute atomic E-state index is 12.5. The summed E-state index contributed by atoms with van der Waals surface area (Å²) in [6.07, 6.45) is -2.15. The van der Waals surface area contributed by atoms with Crippen molar-refractivity contribution in [3.05, 3.63) is 29.8 Å². The van der Waals surface area contributed by atoms with Crippen LogP contribution in [0.3, 0.4) is 0 Å². The van der Waals surface area contributed by atoms with Crippen molar-refractivity contribution in [2.24, 2.45) is 5.92 Å². The summed E-state index contributed by atoms with van der Waals surface area (Å²) in [6, 6.07) is 4.86. The molecule has 2 rings (SSSR count). The van der Waals surface area contributed by atoms with Gasteiger partial charge in [-0.15, -0.1) is 0 Å². The Hall–Kier alpha value is -2.07. The fraction of sp³-hybridized carbons (Fsp3) is 0.467. The SMILES string of the molecule is O=C(O)c1ccc(S(=O)(=O)N2CCC(C(=O)NCC(F)F)CC2)cc1. The smallest absolute Gasteiger partial charge is 0.335 e. The zero-order valence-corrected chi connectivity index (χ0v) is 14.0. The van der Waals surface area contributed by atoms with Gasteiger partial charge in [-0.1, -0.05) is 0 Å². The van der Waals surface area contributed by atoms with Gasteiger partial charge in [-0.25, -0.2) is 22.0 Å². The molecule has 1 fully saturated rings. The van der Waals surface area contributed by atoms with E-state index in [1.807, 2.05) is 0 Å². The third-order valence-electron chi connectivity index (χ3n) is 3.99. The molecule has 0 spiro atoms. The van der Waals surface area contributed by atoms with Gasteiger partial charge in [0.15, 0.2) is 0 Å². The van der Waals surface area contributed by atoms with Crippen LogP contribution in [-0.2, 0) is 14.8 Å². The van der Waals surface area contributed by atoms with Gasteiger partial charge < -0.3 is 10.4 Å². The first kappa shape index (κ1) is 19.3. The lowest BCUT2D eigenvalue weighted by atomic mass is 9.97. The topological polar surface area (TPSA) is 104 Å². The number of halogens is 2. The molecule has 0 radical (unpaired) electrons. The van der Waals surface area contributed by atoms with Gasteiger partial charge in [0.05, 0.1) is 17.0 Å². The van der Waals surface area contributed by atoms with Crippen molar-refractivity contribution in [3.63, 3.8) is 0 Å². The first-order chi connectivity index (χ1) is 11.7. The van der Waals surface area contributed by atoms with Crippen LogP contribution in [0.1, 0.15) is 23.2 Å². The Morgan fingerprint density at radius 3 is 2.24 bits per heavy atom. The molecule has 0 unspecified atom stereocenters. The number of nitrogens with zero attached hydrogens (tertiary/aromatic N) is 1. The highest BCUT2D eigenvalue weighted by Crippen LogP contribution is 2.24. The molecule has 1 amide bonds. The van der Waals surface area contributed by atoms with E-state index in [2.05, 4.69) is 5.32 Å². The molecule has 1 heterocycles. The molecule has 1 aliphatic heterocycles. The zero-order chi connectivity index (χ0) is 18.6. The van der Waals surface area contributed by atoms with Crippen molar-refractivity contribution >= 4 is 21.9 Å². The monoisotopic (exact) mass is 376 g/mol. The number of carboxylic acid groups (broad SMARTS) is 1. The Morgan fingerprint density at radius 1 is 1.20 bits per heavy atom. The number of amides is 1. The molecule has 0 bridgehead atoms. The first-order valence-electron chi connectivity index (χ1n) is 7.61. The van der Waals surface area contributed by atoms with Crippen LogP contribution in [0.2, 0.25) is 0 Å². The van der Waals surface area contributed by atoms with Gasteiger partial charge in [0.1, 0.15) is 0 Å². The Kier molecular flexibility index (Phi) is 6.07. The highest BCUT2D eigenvalue weighted by atomic mass is 32.2. The molecule has 0 aliphatic carbocycles. The second-order valence-electron chi connectivity index (χ2n) is 5.64. The molecule has 25 heavy (non-hydrogen) atoms.